The van der Waals surface area contributed by atoms with Crippen molar-refractivity contribution >= 4 is 0 Å². The molecule has 0 aromatic heterocycles. The van der Waals surface area contributed by atoms with Gasteiger partial charge in [0.25, 0.3) is 0 Å². The maximum Gasteiger partial charge on any atom is -0.0152 e. The molecular formula is C20H24. The van der Waals surface area contributed by atoms with E-state index in [1.165, 1.54) is 48.8 Å². The van der Waals surface area contributed by atoms with Crippen LogP contribution in [0.1, 0.15) is 56.1 Å². The first-order valence-electron chi connectivity index (χ1n) is 8.06. The molecule has 0 N–H and O–H groups in total. The topological polar surface area (TPSA) is 0 Å². The predicted octanol–water partition coefficient (Wildman–Crippen LogP) is 5.96. The first kappa shape index (κ1) is 13.4. The van der Waals surface area contributed by atoms with Gasteiger partial charge in [-0.3, -0.25) is 0 Å². The zero-order chi connectivity index (χ0) is 13.8. The van der Waals surface area contributed by atoms with Gasteiger partial charge in [0.05, 0.1) is 0 Å². The molecule has 2 aromatic rings. The van der Waals surface area contributed by atoms with Crippen molar-refractivity contribution in [1.82, 2.24) is 0 Å². The lowest BCUT2D eigenvalue weighted by Crippen LogP contribution is -2.05. The molecule has 1 aliphatic rings. The van der Waals surface area contributed by atoms with E-state index in [4.69, 9.17) is 0 Å². The summed E-state index contributed by atoms with van der Waals surface area (Å²) >= 11 is 0. The Labute approximate surface area is 122 Å². The standard InChI is InChI=1S/C20H24/c1-2-16-15-19(17-9-5-3-6-10-17)13-14-20(16)18-11-7-4-8-12-18/h4,7-8,11-15,17H,2-3,5-6,9-10H2,1H3. The summed E-state index contributed by atoms with van der Waals surface area (Å²) in [5, 5.41) is 0. The number of hydrogen-bond donors (Lipinski definition) is 0. The van der Waals surface area contributed by atoms with E-state index in [-0.39, 0.29) is 0 Å². The molecule has 0 unspecified atom stereocenters. The predicted molar refractivity (Wildman–Crippen MR) is 87.1 cm³/mol. The van der Waals surface area contributed by atoms with E-state index in [1.54, 1.807) is 5.56 Å². The fraction of sp³-hybridized carbons (Fsp3) is 0.400. The lowest BCUT2D eigenvalue weighted by molar-refractivity contribution is 0.443. The summed E-state index contributed by atoms with van der Waals surface area (Å²) in [4.78, 5) is 0. The third-order valence-corrected chi connectivity index (χ3v) is 4.67. The third kappa shape index (κ3) is 2.80. The van der Waals surface area contributed by atoms with Gasteiger partial charge in [-0.15, -0.1) is 0 Å². The summed E-state index contributed by atoms with van der Waals surface area (Å²) in [6.45, 7) is 2.27. The largest absolute Gasteiger partial charge is 0.0622 e. The van der Waals surface area contributed by atoms with Crippen LogP contribution in [0.15, 0.2) is 48.5 Å². The third-order valence-electron chi connectivity index (χ3n) is 4.67. The van der Waals surface area contributed by atoms with Crippen LogP contribution in [0.25, 0.3) is 11.1 Å². The molecule has 0 spiro atoms. The Morgan fingerprint density at radius 3 is 2.35 bits per heavy atom. The van der Waals surface area contributed by atoms with Crippen LogP contribution in [0.4, 0.5) is 0 Å². The number of rotatable bonds is 3. The smallest absolute Gasteiger partial charge is 0.0152 e. The molecule has 3 rings (SSSR count). The second-order valence-electron chi connectivity index (χ2n) is 5.97. The average molecular weight is 264 g/mol. The lowest BCUT2D eigenvalue weighted by atomic mass is 9.82. The number of benzene rings is 2. The minimum absolute atomic E-state index is 0.805. The molecule has 0 heteroatoms. The van der Waals surface area contributed by atoms with E-state index in [9.17, 15) is 0 Å². The highest BCUT2D eigenvalue weighted by atomic mass is 14.2. The first-order chi connectivity index (χ1) is 9.88. The molecular weight excluding hydrogens is 240 g/mol. The van der Waals surface area contributed by atoms with Crippen molar-refractivity contribution in [2.24, 2.45) is 0 Å². The monoisotopic (exact) mass is 264 g/mol. The summed E-state index contributed by atoms with van der Waals surface area (Å²) in [5.41, 5.74) is 5.83. The van der Waals surface area contributed by atoms with Crippen molar-refractivity contribution in [3.63, 3.8) is 0 Å². The van der Waals surface area contributed by atoms with E-state index >= 15 is 0 Å². The minimum Gasteiger partial charge on any atom is -0.0622 e. The van der Waals surface area contributed by atoms with Gasteiger partial charge < -0.3 is 0 Å². The van der Waals surface area contributed by atoms with Gasteiger partial charge in [0.1, 0.15) is 0 Å². The maximum atomic E-state index is 2.47. The zero-order valence-corrected chi connectivity index (χ0v) is 12.4. The molecule has 1 saturated carbocycles. The Morgan fingerprint density at radius 2 is 1.65 bits per heavy atom. The minimum atomic E-state index is 0.805. The lowest BCUT2D eigenvalue weighted by Gasteiger charge is -2.23. The highest BCUT2D eigenvalue weighted by molar-refractivity contribution is 5.68. The second-order valence-corrected chi connectivity index (χ2v) is 5.97. The molecule has 104 valence electrons. The van der Waals surface area contributed by atoms with Crippen molar-refractivity contribution < 1.29 is 0 Å². The number of hydrogen-bond acceptors (Lipinski definition) is 0. The summed E-state index contributed by atoms with van der Waals surface area (Å²) in [6.07, 6.45) is 8.13. The molecule has 0 nitrogen and oxygen atoms in total. The maximum absolute atomic E-state index is 2.47. The van der Waals surface area contributed by atoms with Crippen LogP contribution >= 0.6 is 0 Å². The van der Waals surface area contributed by atoms with E-state index < -0.39 is 0 Å². The van der Waals surface area contributed by atoms with Crippen molar-refractivity contribution in [2.45, 2.75) is 51.4 Å². The van der Waals surface area contributed by atoms with E-state index in [2.05, 4.69) is 55.5 Å². The molecule has 0 bridgehead atoms. The van der Waals surface area contributed by atoms with E-state index in [0.29, 0.717) is 0 Å². The van der Waals surface area contributed by atoms with Crippen LogP contribution in [-0.4, -0.2) is 0 Å². The molecule has 1 aliphatic carbocycles. The van der Waals surface area contributed by atoms with Crippen LogP contribution in [-0.2, 0) is 6.42 Å². The van der Waals surface area contributed by atoms with Gasteiger partial charge >= 0.3 is 0 Å². The highest BCUT2D eigenvalue weighted by Crippen LogP contribution is 2.35. The van der Waals surface area contributed by atoms with Crippen LogP contribution in [0, 0.1) is 0 Å². The summed E-state index contributed by atoms with van der Waals surface area (Å²) in [5.74, 6) is 0.805. The Bertz CT molecular complexity index is 548. The number of aryl methyl sites for hydroxylation is 1. The van der Waals surface area contributed by atoms with Gasteiger partial charge in [-0.05, 0) is 47.4 Å². The van der Waals surface area contributed by atoms with E-state index in [0.717, 1.165) is 12.3 Å². The molecule has 0 atom stereocenters. The van der Waals surface area contributed by atoms with Gasteiger partial charge in [0, 0.05) is 0 Å². The molecule has 2 aromatic carbocycles. The molecule has 1 fully saturated rings. The molecule has 0 saturated heterocycles. The quantitative estimate of drug-likeness (QED) is 0.641. The van der Waals surface area contributed by atoms with Gasteiger partial charge in [0.15, 0.2) is 0 Å². The molecule has 0 aliphatic heterocycles. The van der Waals surface area contributed by atoms with Crippen LogP contribution in [0.3, 0.4) is 0 Å². The Hall–Kier alpha value is -1.56. The normalized spacial score (nSPS) is 16.2. The van der Waals surface area contributed by atoms with Crippen molar-refractivity contribution in [3.8, 4) is 11.1 Å². The second kappa shape index (κ2) is 6.26. The van der Waals surface area contributed by atoms with Gasteiger partial charge in [-0.25, -0.2) is 0 Å². The van der Waals surface area contributed by atoms with E-state index in [1.807, 2.05) is 0 Å². The first-order valence-corrected chi connectivity index (χ1v) is 8.06. The highest BCUT2D eigenvalue weighted by Gasteiger charge is 2.16. The average Bonchev–Trinajstić information content (AvgIpc) is 2.56. The summed E-state index contributed by atoms with van der Waals surface area (Å²) in [7, 11) is 0. The van der Waals surface area contributed by atoms with Crippen LogP contribution < -0.4 is 0 Å². The summed E-state index contributed by atoms with van der Waals surface area (Å²) < 4.78 is 0. The van der Waals surface area contributed by atoms with Crippen LogP contribution in [0.2, 0.25) is 0 Å². The fourth-order valence-corrected chi connectivity index (χ4v) is 3.50. The van der Waals surface area contributed by atoms with Gasteiger partial charge in [-0.2, -0.15) is 0 Å². The van der Waals surface area contributed by atoms with Gasteiger partial charge in [-0.1, -0.05) is 74.7 Å². The molecule has 20 heavy (non-hydrogen) atoms. The fourth-order valence-electron chi connectivity index (χ4n) is 3.50. The molecule has 0 radical (unpaired) electrons. The van der Waals surface area contributed by atoms with Crippen molar-refractivity contribution in [2.75, 3.05) is 0 Å². The van der Waals surface area contributed by atoms with Gasteiger partial charge in [0.2, 0.25) is 0 Å². The Balaban J connectivity index is 1.93. The van der Waals surface area contributed by atoms with Crippen molar-refractivity contribution in [1.29, 1.82) is 0 Å². The van der Waals surface area contributed by atoms with Crippen molar-refractivity contribution in [3.05, 3.63) is 59.7 Å². The molecule has 0 heterocycles. The Kier molecular flexibility index (Phi) is 4.20. The zero-order valence-electron chi connectivity index (χ0n) is 12.4. The van der Waals surface area contributed by atoms with Crippen LogP contribution in [0.5, 0.6) is 0 Å². The summed E-state index contributed by atoms with van der Waals surface area (Å²) in [6, 6.07) is 18.0. The molecule has 0 amide bonds. The SMILES string of the molecule is CCc1cc(C2CCCCC2)ccc1-c1ccccc1. The Morgan fingerprint density at radius 1 is 0.900 bits per heavy atom.